The van der Waals surface area contributed by atoms with Crippen LogP contribution in [-0.2, 0) is 0 Å². The summed E-state index contributed by atoms with van der Waals surface area (Å²) in [5.74, 6) is -0.176. The second kappa shape index (κ2) is 8.46. The third kappa shape index (κ3) is 4.92. The second-order valence-corrected chi connectivity index (χ2v) is 5.85. The molecule has 0 radical (unpaired) electrons. The van der Waals surface area contributed by atoms with E-state index in [4.69, 9.17) is 4.74 Å². The Morgan fingerprint density at radius 2 is 1.72 bits per heavy atom. The van der Waals surface area contributed by atoms with Crippen molar-refractivity contribution in [1.29, 1.82) is 0 Å². The van der Waals surface area contributed by atoms with Crippen LogP contribution in [0.1, 0.15) is 35.8 Å². The molecule has 1 amide bonds. The molecule has 2 aromatic rings. The van der Waals surface area contributed by atoms with E-state index in [1.54, 1.807) is 0 Å². The average molecular weight is 349 g/mol. The Labute approximate surface area is 145 Å². The van der Waals surface area contributed by atoms with E-state index < -0.39 is 6.61 Å². The lowest BCUT2D eigenvalue weighted by molar-refractivity contribution is -0.0512. The molecule has 2 rings (SSSR count). The quantitative estimate of drug-likeness (QED) is 0.805. The first-order valence-electron chi connectivity index (χ1n) is 7.91. The molecule has 0 spiro atoms. The summed E-state index contributed by atoms with van der Waals surface area (Å²) in [5, 5.41) is 2.98. The van der Waals surface area contributed by atoms with Gasteiger partial charge >= 0.3 is 6.61 Å². The van der Waals surface area contributed by atoms with Crippen molar-refractivity contribution in [3.8, 4) is 11.5 Å². The first kappa shape index (κ1) is 18.7. The monoisotopic (exact) mass is 349 g/mol. The number of hydrogen-bond donors (Lipinski definition) is 1. The summed E-state index contributed by atoms with van der Waals surface area (Å²) >= 11 is 0. The SMILES string of the molecule is COc1cc(C(=O)NC(c2ccccc2)C(C)C)ccc1OC(F)F. The molecule has 4 nitrogen and oxygen atoms in total. The van der Waals surface area contributed by atoms with Gasteiger partial charge in [0.1, 0.15) is 0 Å². The summed E-state index contributed by atoms with van der Waals surface area (Å²) in [6.07, 6.45) is 0. The number of nitrogens with one attached hydrogen (secondary N) is 1. The molecule has 1 N–H and O–H groups in total. The molecule has 0 heterocycles. The molecule has 0 fully saturated rings. The lowest BCUT2D eigenvalue weighted by Crippen LogP contribution is -2.31. The fourth-order valence-corrected chi connectivity index (χ4v) is 2.52. The maximum Gasteiger partial charge on any atom is 0.387 e. The summed E-state index contributed by atoms with van der Waals surface area (Å²) in [6.45, 7) is 1.06. The third-order valence-corrected chi connectivity index (χ3v) is 3.75. The van der Waals surface area contributed by atoms with Crippen LogP contribution < -0.4 is 14.8 Å². The molecular weight excluding hydrogens is 328 g/mol. The summed E-state index contributed by atoms with van der Waals surface area (Å²) in [5.41, 5.74) is 1.30. The van der Waals surface area contributed by atoms with Gasteiger partial charge < -0.3 is 14.8 Å². The molecule has 0 aliphatic carbocycles. The van der Waals surface area contributed by atoms with Crippen LogP contribution in [-0.4, -0.2) is 19.6 Å². The number of carbonyl (C=O) groups is 1. The van der Waals surface area contributed by atoms with Crippen LogP contribution in [0.4, 0.5) is 8.78 Å². The minimum Gasteiger partial charge on any atom is -0.493 e. The predicted octanol–water partition coefficient (Wildman–Crippen LogP) is 4.42. The van der Waals surface area contributed by atoms with Gasteiger partial charge in [-0.15, -0.1) is 0 Å². The topological polar surface area (TPSA) is 47.6 Å². The van der Waals surface area contributed by atoms with Crippen molar-refractivity contribution >= 4 is 5.91 Å². The van der Waals surface area contributed by atoms with Crippen LogP contribution in [0.5, 0.6) is 11.5 Å². The summed E-state index contributed by atoms with van der Waals surface area (Å²) in [4.78, 5) is 12.6. The van der Waals surface area contributed by atoms with Gasteiger partial charge in [0.2, 0.25) is 0 Å². The van der Waals surface area contributed by atoms with Crippen LogP contribution in [0.25, 0.3) is 0 Å². The van der Waals surface area contributed by atoms with Gasteiger partial charge in [0.25, 0.3) is 5.91 Å². The first-order valence-corrected chi connectivity index (χ1v) is 7.91. The number of amides is 1. The van der Waals surface area contributed by atoms with Crippen molar-refractivity contribution < 1.29 is 23.0 Å². The zero-order chi connectivity index (χ0) is 18.4. The number of methoxy groups -OCH3 is 1. The van der Waals surface area contributed by atoms with E-state index in [0.717, 1.165) is 5.56 Å². The Kier molecular flexibility index (Phi) is 6.33. The number of benzene rings is 2. The smallest absolute Gasteiger partial charge is 0.387 e. The van der Waals surface area contributed by atoms with E-state index in [1.165, 1.54) is 25.3 Å². The highest BCUT2D eigenvalue weighted by Crippen LogP contribution is 2.30. The molecule has 1 atom stereocenters. The molecule has 0 aliphatic rings. The number of halogens is 2. The highest BCUT2D eigenvalue weighted by molar-refractivity contribution is 5.95. The maximum atomic E-state index is 12.6. The van der Waals surface area contributed by atoms with Crippen molar-refractivity contribution in [2.24, 2.45) is 5.92 Å². The Bertz CT molecular complexity index is 705. The molecule has 0 aliphatic heterocycles. The molecule has 0 bridgehead atoms. The predicted molar refractivity (Wildman–Crippen MR) is 91.1 cm³/mol. The molecular formula is C19H21F2NO3. The van der Waals surface area contributed by atoms with Gasteiger partial charge in [0.05, 0.1) is 13.2 Å². The normalized spacial score (nSPS) is 12.1. The fourth-order valence-electron chi connectivity index (χ4n) is 2.52. The Hall–Kier alpha value is -2.63. The lowest BCUT2D eigenvalue weighted by Gasteiger charge is -2.23. The summed E-state index contributed by atoms with van der Waals surface area (Å²) < 4.78 is 34.2. The van der Waals surface area contributed by atoms with Crippen LogP contribution in [0.3, 0.4) is 0 Å². The van der Waals surface area contributed by atoms with Crippen LogP contribution in [0, 0.1) is 5.92 Å². The van der Waals surface area contributed by atoms with Crippen molar-refractivity contribution in [2.45, 2.75) is 26.5 Å². The van der Waals surface area contributed by atoms with E-state index >= 15 is 0 Å². The van der Waals surface area contributed by atoms with Gasteiger partial charge in [-0.1, -0.05) is 44.2 Å². The van der Waals surface area contributed by atoms with E-state index in [9.17, 15) is 13.6 Å². The number of carbonyl (C=O) groups excluding carboxylic acids is 1. The van der Waals surface area contributed by atoms with Crippen molar-refractivity contribution in [3.05, 3.63) is 59.7 Å². The molecule has 2 aromatic carbocycles. The number of ether oxygens (including phenoxy) is 2. The highest BCUT2D eigenvalue weighted by Gasteiger charge is 2.20. The van der Waals surface area contributed by atoms with Crippen LogP contribution >= 0.6 is 0 Å². The van der Waals surface area contributed by atoms with Crippen LogP contribution in [0.2, 0.25) is 0 Å². The Balaban J connectivity index is 2.21. The highest BCUT2D eigenvalue weighted by atomic mass is 19.3. The van der Waals surface area contributed by atoms with Crippen molar-refractivity contribution in [2.75, 3.05) is 7.11 Å². The Morgan fingerprint density at radius 3 is 2.28 bits per heavy atom. The number of rotatable bonds is 7. The molecule has 1 unspecified atom stereocenters. The Morgan fingerprint density at radius 1 is 1.04 bits per heavy atom. The summed E-state index contributed by atoms with van der Waals surface area (Å²) in [6, 6.07) is 13.6. The van der Waals surface area contributed by atoms with Crippen LogP contribution in [0.15, 0.2) is 48.5 Å². The zero-order valence-electron chi connectivity index (χ0n) is 14.3. The van der Waals surface area contributed by atoms with Gasteiger partial charge in [0, 0.05) is 5.56 Å². The number of hydrogen-bond acceptors (Lipinski definition) is 3. The van der Waals surface area contributed by atoms with E-state index in [-0.39, 0.29) is 29.4 Å². The van der Waals surface area contributed by atoms with Crippen molar-refractivity contribution in [3.63, 3.8) is 0 Å². The molecule has 6 heteroatoms. The maximum absolute atomic E-state index is 12.6. The largest absolute Gasteiger partial charge is 0.493 e. The fraction of sp³-hybridized carbons (Fsp3) is 0.316. The number of alkyl halides is 2. The van der Waals surface area contributed by atoms with Gasteiger partial charge in [-0.2, -0.15) is 8.78 Å². The lowest BCUT2D eigenvalue weighted by atomic mass is 9.95. The van der Waals surface area contributed by atoms with E-state index in [1.807, 2.05) is 44.2 Å². The van der Waals surface area contributed by atoms with E-state index in [0.29, 0.717) is 5.56 Å². The first-order chi connectivity index (χ1) is 11.9. The van der Waals surface area contributed by atoms with E-state index in [2.05, 4.69) is 10.1 Å². The third-order valence-electron chi connectivity index (χ3n) is 3.75. The second-order valence-electron chi connectivity index (χ2n) is 5.85. The molecule has 134 valence electrons. The van der Waals surface area contributed by atoms with Gasteiger partial charge in [-0.05, 0) is 29.7 Å². The zero-order valence-corrected chi connectivity index (χ0v) is 14.3. The molecule has 0 saturated carbocycles. The minimum atomic E-state index is -2.96. The summed E-state index contributed by atoms with van der Waals surface area (Å²) in [7, 11) is 1.33. The molecule has 0 aromatic heterocycles. The minimum absolute atomic E-state index is 0.0776. The van der Waals surface area contributed by atoms with Gasteiger partial charge in [0.15, 0.2) is 11.5 Å². The molecule has 0 saturated heterocycles. The van der Waals surface area contributed by atoms with Crippen molar-refractivity contribution in [1.82, 2.24) is 5.32 Å². The molecule has 25 heavy (non-hydrogen) atoms. The standard InChI is InChI=1S/C19H21F2NO3/c1-12(2)17(13-7-5-4-6-8-13)22-18(23)14-9-10-15(25-19(20)21)16(11-14)24-3/h4-12,17,19H,1-3H3,(H,22,23). The average Bonchev–Trinajstić information content (AvgIpc) is 2.59. The van der Waals surface area contributed by atoms with Gasteiger partial charge in [-0.3, -0.25) is 4.79 Å². The van der Waals surface area contributed by atoms with Gasteiger partial charge in [-0.25, -0.2) is 0 Å².